The van der Waals surface area contributed by atoms with E-state index in [2.05, 4.69) is 34.4 Å². The van der Waals surface area contributed by atoms with Crippen LogP contribution in [0.4, 0.5) is 0 Å². The molecule has 1 atom stereocenters. The molecule has 2 N–H and O–H groups in total. The lowest BCUT2D eigenvalue weighted by molar-refractivity contribution is 0.00752. The molecule has 1 aromatic carbocycles. The van der Waals surface area contributed by atoms with E-state index in [9.17, 15) is 0 Å². The van der Waals surface area contributed by atoms with Gasteiger partial charge >= 0.3 is 0 Å². The quantitative estimate of drug-likeness (QED) is 0.476. The van der Waals surface area contributed by atoms with Gasteiger partial charge in [0.25, 0.3) is 0 Å². The Morgan fingerprint density at radius 1 is 1.07 bits per heavy atom. The molecule has 0 saturated carbocycles. The van der Waals surface area contributed by atoms with Gasteiger partial charge in [-0.2, -0.15) is 0 Å². The SMILES string of the molecule is CN=C(NCc1cc(OC)c(OC)c(OC)c1)NCC(C(C)C)N1CCOCC1. The van der Waals surface area contributed by atoms with E-state index in [0.29, 0.717) is 35.8 Å². The van der Waals surface area contributed by atoms with Crippen LogP contribution in [0.2, 0.25) is 0 Å². The third kappa shape index (κ3) is 6.40. The van der Waals surface area contributed by atoms with E-state index in [4.69, 9.17) is 18.9 Å². The van der Waals surface area contributed by atoms with Crippen LogP contribution >= 0.6 is 0 Å². The molecule has 0 radical (unpaired) electrons. The third-order valence-corrected chi connectivity index (χ3v) is 5.17. The van der Waals surface area contributed by atoms with Crippen molar-refractivity contribution in [2.45, 2.75) is 26.4 Å². The second-order valence-corrected chi connectivity index (χ2v) is 7.30. The molecular formula is C21H36N4O4. The Balaban J connectivity index is 1.98. The molecule has 29 heavy (non-hydrogen) atoms. The molecule has 0 amide bonds. The molecule has 0 spiro atoms. The summed E-state index contributed by atoms with van der Waals surface area (Å²) in [6, 6.07) is 4.30. The molecule has 1 aliphatic rings. The summed E-state index contributed by atoms with van der Waals surface area (Å²) >= 11 is 0. The maximum atomic E-state index is 5.49. The van der Waals surface area contributed by atoms with Gasteiger partial charge in [0.15, 0.2) is 17.5 Å². The zero-order chi connectivity index (χ0) is 21.2. The van der Waals surface area contributed by atoms with E-state index in [1.165, 1.54) is 0 Å². The van der Waals surface area contributed by atoms with Gasteiger partial charge in [0.1, 0.15) is 0 Å². The Kier molecular flexibility index (Phi) is 9.34. The first-order chi connectivity index (χ1) is 14.0. The molecule has 8 nitrogen and oxygen atoms in total. The van der Waals surface area contributed by atoms with Crippen molar-refractivity contribution in [2.24, 2.45) is 10.9 Å². The van der Waals surface area contributed by atoms with Crippen LogP contribution < -0.4 is 24.8 Å². The van der Waals surface area contributed by atoms with Gasteiger partial charge in [-0.1, -0.05) is 13.8 Å². The zero-order valence-corrected chi connectivity index (χ0v) is 18.6. The summed E-state index contributed by atoms with van der Waals surface area (Å²) in [7, 11) is 6.62. The van der Waals surface area contributed by atoms with Gasteiger partial charge in [-0.25, -0.2) is 0 Å². The lowest BCUT2D eigenvalue weighted by atomic mass is 10.0. The number of hydrogen-bond acceptors (Lipinski definition) is 6. The van der Waals surface area contributed by atoms with Crippen LogP contribution in [0, 0.1) is 5.92 Å². The number of morpholine rings is 1. The van der Waals surface area contributed by atoms with E-state index in [1.54, 1.807) is 28.4 Å². The highest BCUT2D eigenvalue weighted by molar-refractivity contribution is 5.79. The summed E-state index contributed by atoms with van der Waals surface area (Å²) in [6.07, 6.45) is 0. The van der Waals surface area contributed by atoms with Gasteiger partial charge in [-0.05, 0) is 23.6 Å². The van der Waals surface area contributed by atoms with E-state index in [-0.39, 0.29) is 0 Å². The molecule has 2 rings (SSSR count). The average Bonchev–Trinajstić information content (AvgIpc) is 2.75. The van der Waals surface area contributed by atoms with Crippen LogP contribution in [0.5, 0.6) is 17.2 Å². The Morgan fingerprint density at radius 3 is 2.17 bits per heavy atom. The minimum absolute atomic E-state index is 0.429. The monoisotopic (exact) mass is 408 g/mol. The normalized spacial score (nSPS) is 16.4. The van der Waals surface area contributed by atoms with Crippen molar-refractivity contribution in [2.75, 3.05) is 61.2 Å². The maximum Gasteiger partial charge on any atom is 0.203 e. The fourth-order valence-electron chi connectivity index (χ4n) is 3.54. The summed E-state index contributed by atoms with van der Waals surface area (Å²) in [5.74, 6) is 3.16. The summed E-state index contributed by atoms with van der Waals surface area (Å²) in [4.78, 5) is 6.86. The van der Waals surface area contributed by atoms with Gasteiger partial charge in [-0.3, -0.25) is 9.89 Å². The van der Waals surface area contributed by atoms with Crippen LogP contribution in [-0.4, -0.2) is 78.1 Å². The fourth-order valence-corrected chi connectivity index (χ4v) is 3.54. The largest absolute Gasteiger partial charge is 0.493 e. The minimum Gasteiger partial charge on any atom is -0.493 e. The first kappa shape index (κ1) is 23.1. The number of benzene rings is 1. The standard InChI is InChI=1S/C21H36N4O4/c1-15(2)17(25-7-9-29-10-8-25)14-24-21(22-3)23-13-16-11-18(26-4)20(28-6)19(12-16)27-5/h11-12,15,17H,7-10,13-14H2,1-6H3,(H2,22,23,24). The number of nitrogens with one attached hydrogen (secondary N) is 2. The molecule has 0 aliphatic carbocycles. The summed E-state index contributed by atoms with van der Waals surface area (Å²) in [6.45, 7) is 9.48. The second kappa shape index (κ2) is 11.7. The zero-order valence-electron chi connectivity index (χ0n) is 18.6. The topological polar surface area (TPSA) is 76.6 Å². The van der Waals surface area contributed by atoms with Crippen LogP contribution in [-0.2, 0) is 11.3 Å². The number of nitrogens with zero attached hydrogens (tertiary/aromatic N) is 2. The van der Waals surface area contributed by atoms with Gasteiger partial charge in [0.05, 0.1) is 34.5 Å². The number of guanidine groups is 1. The Labute approximate surface area is 174 Å². The summed E-state index contributed by atoms with van der Waals surface area (Å²) < 4.78 is 21.7. The minimum atomic E-state index is 0.429. The van der Waals surface area contributed by atoms with Crippen molar-refractivity contribution < 1.29 is 18.9 Å². The van der Waals surface area contributed by atoms with Gasteiger partial charge in [-0.15, -0.1) is 0 Å². The van der Waals surface area contributed by atoms with Crippen LogP contribution in [0.15, 0.2) is 17.1 Å². The third-order valence-electron chi connectivity index (χ3n) is 5.17. The maximum absolute atomic E-state index is 5.49. The van der Waals surface area contributed by atoms with E-state index in [1.807, 2.05) is 12.1 Å². The second-order valence-electron chi connectivity index (χ2n) is 7.30. The first-order valence-corrected chi connectivity index (χ1v) is 10.1. The Hall–Kier alpha value is -2.19. The summed E-state index contributed by atoms with van der Waals surface area (Å²) in [5, 5.41) is 6.83. The molecule has 1 heterocycles. The Morgan fingerprint density at radius 2 is 1.69 bits per heavy atom. The lowest BCUT2D eigenvalue weighted by Crippen LogP contribution is -2.52. The molecule has 1 aliphatic heterocycles. The van der Waals surface area contributed by atoms with Gasteiger partial charge in [0, 0.05) is 39.3 Å². The van der Waals surface area contributed by atoms with Crippen molar-refractivity contribution >= 4 is 5.96 Å². The Bertz CT molecular complexity index is 635. The van der Waals surface area contributed by atoms with Crippen LogP contribution in [0.25, 0.3) is 0 Å². The van der Waals surface area contributed by atoms with Crippen LogP contribution in [0.1, 0.15) is 19.4 Å². The molecular weight excluding hydrogens is 372 g/mol. The molecule has 1 unspecified atom stereocenters. The number of ether oxygens (including phenoxy) is 4. The molecule has 164 valence electrons. The molecule has 0 bridgehead atoms. The fraction of sp³-hybridized carbons (Fsp3) is 0.667. The highest BCUT2D eigenvalue weighted by Gasteiger charge is 2.24. The van der Waals surface area contributed by atoms with Crippen molar-refractivity contribution in [3.8, 4) is 17.2 Å². The lowest BCUT2D eigenvalue weighted by Gasteiger charge is -2.37. The average molecular weight is 409 g/mol. The molecule has 8 heteroatoms. The summed E-state index contributed by atoms with van der Waals surface area (Å²) in [5.41, 5.74) is 1.01. The number of rotatable bonds is 9. The van der Waals surface area contributed by atoms with Crippen molar-refractivity contribution in [3.63, 3.8) is 0 Å². The number of aliphatic imine (C=N–C) groups is 1. The van der Waals surface area contributed by atoms with Crippen molar-refractivity contribution in [1.29, 1.82) is 0 Å². The first-order valence-electron chi connectivity index (χ1n) is 10.1. The van der Waals surface area contributed by atoms with E-state index in [0.717, 1.165) is 44.4 Å². The smallest absolute Gasteiger partial charge is 0.203 e. The van der Waals surface area contributed by atoms with Crippen molar-refractivity contribution in [1.82, 2.24) is 15.5 Å². The predicted octanol–water partition coefficient (Wildman–Crippen LogP) is 1.73. The van der Waals surface area contributed by atoms with E-state index < -0.39 is 0 Å². The number of methoxy groups -OCH3 is 3. The molecule has 1 saturated heterocycles. The van der Waals surface area contributed by atoms with Gasteiger partial charge in [0.2, 0.25) is 5.75 Å². The predicted molar refractivity (Wildman–Crippen MR) is 115 cm³/mol. The molecule has 1 aromatic rings. The number of hydrogen-bond donors (Lipinski definition) is 2. The molecule has 1 fully saturated rings. The van der Waals surface area contributed by atoms with Gasteiger partial charge < -0.3 is 29.6 Å². The van der Waals surface area contributed by atoms with E-state index >= 15 is 0 Å². The van der Waals surface area contributed by atoms with Crippen molar-refractivity contribution in [3.05, 3.63) is 17.7 Å². The highest BCUT2D eigenvalue weighted by Crippen LogP contribution is 2.38. The van der Waals surface area contributed by atoms with Crippen LogP contribution in [0.3, 0.4) is 0 Å². The highest BCUT2D eigenvalue weighted by atomic mass is 16.5. The molecule has 0 aromatic heterocycles.